The van der Waals surface area contributed by atoms with Gasteiger partial charge >= 0.3 is 0 Å². The summed E-state index contributed by atoms with van der Waals surface area (Å²) in [6.07, 6.45) is 2.97. The van der Waals surface area contributed by atoms with Crippen molar-refractivity contribution in [1.82, 2.24) is 20.1 Å². The highest BCUT2D eigenvalue weighted by Gasteiger charge is 2.24. The molecule has 1 aliphatic heterocycles. The molecule has 2 aromatic rings. The molecule has 1 saturated heterocycles. The van der Waals surface area contributed by atoms with E-state index in [0.29, 0.717) is 24.1 Å². The maximum Gasteiger partial charge on any atom is 0.287 e. The molecule has 0 radical (unpaired) electrons. The number of nitrogens with one attached hydrogen (secondary N) is 1. The predicted molar refractivity (Wildman–Crippen MR) is 81.9 cm³/mol. The number of hydrogen-bond acceptors (Lipinski definition) is 8. The van der Waals surface area contributed by atoms with Crippen molar-refractivity contribution in [2.45, 2.75) is 32.4 Å². The maximum absolute atomic E-state index is 10.6. The molecule has 9 heteroatoms. The van der Waals surface area contributed by atoms with Crippen LogP contribution in [-0.2, 0) is 13.0 Å². The lowest BCUT2D eigenvalue weighted by Gasteiger charge is -2.15. The van der Waals surface area contributed by atoms with Crippen molar-refractivity contribution in [2.75, 3.05) is 18.4 Å². The first kappa shape index (κ1) is 15.3. The fourth-order valence-corrected chi connectivity index (χ4v) is 2.57. The van der Waals surface area contributed by atoms with Crippen molar-refractivity contribution in [2.24, 2.45) is 0 Å². The number of nitrogens with zero attached hydrogens (tertiary/aromatic N) is 5. The van der Waals surface area contributed by atoms with Crippen molar-refractivity contribution in [3.63, 3.8) is 0 Å². The van der Waals surface area contributed by atoms with E-state index in [0.717, 1.165) is 25.9 Å². The standard InChI is InChI=1S/C14H18N6O3/c1-2-13-17-18-14(23-13)9-19-6-5-10(8-19)16-12-4-3-11(7-15-12)20(21)22/h3-4,7,10H,2,5-6,8-9H2,1H3,(H,15,16)/t10-/m0/s1. The molecule has 23 heavy (non-hydrogen) atoms. The molecule has 3 heterocycles. The van der Waals surface area contributed by atoms with Crippen molar-refractivity contribution in [3.8, 4) is 0 Å². The summed E-state index contributed by atoms with van der Waals surface area (Å²) < 4.78 is 5.52. The van der Waals surface area contributed by atoms with Crippen LogP contribution in [0.4, 0.5) is 11.5 Å². The number of aromatic nitrogens is 3. The van der Waals surface area contributed by atoms with Gasteiger partial charge in [0.1, 0.15) is 12.0 Å². The van der Waals surface area contributed by atoms with E-state index >= 15 is 0 Å². The Morgan fingerprint density at radius 3 is 2.91 bits per heavy atom. The molecule has 0 spiro atoms. The average Bonchev–Trinajstić information content (AvgIpc) is 3.17. The van der Waals surface area contributed by atoms with Crippen molar-refractivity contribution >= 4 is 11.5 Å². The van der Waals surface area contributed by atoms with E-state index in [-0.39, 0.29) is 11.7 Å². The van der Waals surface area contributed by atoms with Gasteiger partial charge in [-0.25, -0.2) is 4.98 Å². The van der Waals surface area contributed by atoms with Crippen molar-refractivity contribution < 1.29 is 9.34 Å². The highest BCUT2D eigenvalue weighted by Crippen LogP contribution is 2.18. The van der Waals surface area contributed by atoms with Crippen LogP contribution in [0, 0.1) is 10.1 Å². The topological polar surface area (TPSA) is 110 Å². The molecule has 0 amide bonds. The highest BCUT2D eigenvalue weighted by atomic mass is 16.6. The van der Waals surface area contributed by atoms with Gasteiger partial charge in [0, 0.05) is 31.6 Å². The van der Waals surface area contributed by atoms with Crippen LogP contribution in [0.25, 0.3) is 0 Å². The molecule has 3 rings (SSSR count). The Morgan fingerprint density at radius 2 is 2.26 bits per heavy atom. The molecule has 1 atom stereocenters. The lowest BCUT2D eigenvalue weighted by molar-refractivity contribution is -0.385. The van der Waals surface area contributed by atoms with Crippen LogP contribution in [0.3, 0.4) is 0 Å². The number of nitro groups is 1. The third kappa shape index (κ3) is 3.81. The Kier molecular flexibility index (Phi) is 4.47. The second-order valence-corrected chi connectivity index (χ2v) is 5.47. The van der Waals surface area contributed by atoms with Crippen molar-refractivity contribution in [1.29, 1.82) is 0 Å². The smallest absolute Gasteiger partial charge is 0.287 e. The molecule has 1 N–H and O–H groups in total. The molecule has 0 unspecified atom stereocenters. The van der Waals surface area contributed by atoms with Crippen LogP contribution in [-0.4, -0.2) is 44.1 Å². The summed E-state index contributed by atoms with van der Waals surface area (Å²) in [4.78, 5) is 16.5. The second-order valence-electron chi connectivity index (χ2n) is 5.47. The largest absolute Gasteiger partial charge is 0.424 e. The summed E-state index contributed by atoms with van der Waals surface area (Å²) in [6.45, 7) is 4.38. The van der Waals surface area contributed by atoms with E-state index in [4.69, 9.17) is 4.42 Å². The zero-order chi connectivity index (χ0) is 16.2. The van der Waals surface area contributed by atoms with Gasteiger partial charge in [0.25, 0.3) is 5.69 Å². The molecule has 2 aromatic heterocycles. The molecule has 9 nitrogen and oxygen atoms in total. The number of anilines is 1. The Hall–Kier alpha value is -2.55. The minimum atomic E-state index is -0.455. The van der Waals surface area contributed by atoms with Gasteiger partial charge in [-0.05, 0) is 12.5 Å². The number of aryl methyl sites for hydroxylation is 1. The average molecular weight is 318 g/mol. The lowest BCUT2D eigenvalue weighted by atomic mass is 10.2. The van der Waals surface area contributed by atoms with Crippen LogP contribution in [0.15, 0.2) is 22.7 Å². The first-order chi connectivity index (χ1) is 11.1. The monoisotopic (exact) mass is 318 g/mol. The van der Waals surface area contributed by atoms with E-state index in [2.05, 4.69) is 25.4 Å². The van der Waals surface area contributed by atoms with Gasteiger partial charge in [0.05, 0.1) is 11.5 Å². The minimum absolute atomic E-state index is 0.00767. The van der Waals surface area contributed by atoms with Gasteiger partial charge in [-0.15, -0.1) is 10.2 Å². The summed E-state index contributed by atoms with van der Waals surface area (Å²) in [7, 11) is 0. The van der Waals surface area contributed by atoms with Gasteiger partial charge in [-0.3, -0.25) is 15.0 Å². The third-order valence-electron chi connectivity index (χ3n) is 3.75. The zero-order valence-electron chi connectivity index (χ0n) is 12.8. The summed E-state index contributed by atoms with van der Waals surface area (Å²) in [5.41, 5.74) is -0.00767. The number of likely N-dealkylation sites (tertiary alicyclic amines) is 1. The first-order valence-electron chi connectivity index (χ1n) is 7.54. The van der Waals surface area contributed by atoms with Gasteiger partial charge < -0.3 is 9.73 Å². The molecular weight excluding hydrogens is 300 g/mol. The number of hydrogen-bond donors (Lipinski definition) is 1. The predicted octanol–water partition coefficient (Wildman–Crippen LogP) is 1.62. The fourth-order valence-electron chi connectivity index (χ4n) is 2.57. The lowest BCUT2D eigenvalue weighted by Crippen LogP contribution is -2.26. The molecule has 0 aromatic carbocycles. The Labute approximate surface area is 132 Å². The van der Waals surface area contributed by atoms with E-state index in [1.807, 2.05) is 6.92 Å². The Bertz CT molecular complexity index is 671. The molecule has 0 aliphatic carbocycles. The normalized spacial score (nSPS) is 18.2. The Balaban J connectivity index is 1.52. The van der Waals surface area contributed by atoms with Crippen LogP contribution in [0.1, 0.15) is 25.1 Å². The quantitative estimate of drug-likeness (QED) is 0.632. The number of rotatable bonds is 6. The molecule has 122 valence electrons. The molecule has 1 aliphatic rings. The summed E-state index contributed by atoms with van der Waals surface area (Å²) in [6, 6.07) is 3.33. The first-order valence-corrected chi connectivity index (χ1v) is 7.54. The van der Waals surface area contributed by atoms with Crippen LogP contribution >= 0.6 is 0 Å². The van der Waals surface area contributed by atoms with Crippen molar-refractivity contribution in [3.05, 3.63) is 40.2 Å². The van der Waals surface area contributed by atoms with E-state index < -0.39 is 4.92 Å². The van der Waals surface area contributed by atoms with Gasteiger partial charge in [0.15, 0.2) is 0 Å². The number of pyridine rings is 1. The summed E-state index contributed by atoms with van der Waals surface area (Å²) >= 11 is 0. The van der Waals surface area contributed by atoms with Gasteiger partial charge in [-0.1, -0.05) is 6.92 Å². The van der Waals surface area contributed by atoms with Crippen LogP contribution in [0.5, 0.6) is 0 Å². The molecular formula is C14H18N6O3. The maximum atomic E-state index is 10.6. The van der Waals surface area contributed by atoms with Gasteiger partial charge in [-0.2, -0.15) is 0 Å². The second kappa shape index (κ2) is 6.69. The fraction of sp³-hybridized carbons (Fsp3) is 0.500. The van der Waals surface area contributed by atoms with E-state index in [1.165, 1.54) is 12.3 Å². The minimum Gasteiger partial charge on any atom is -0.424 e. The SMILES string of the molecule is CCc1nnc(CN2CC[C@H](Nc3ccc([N+](=O)[O-])cn3)C2)o1. The van der Waals surface area contributed by atoms with Crippen LogP contribution in [0.2, 0.25) is 0 Å². The Morgan fingerprint density at radius 1 is 1.43 bits per heavy atom. The summed E-state index contributed by atoms with van der Waals surface area (Å²) in [5.74, 6) is 1.94. The zero-order valence-corrected chi connectivity index (χ0v) is 12.8. The van der Waals surface area contributed by atoms with Crippen LogP contribution < -0.4 is 5.32 Å². The molecule has 1 fully saturated rings. The van der Waals surface area contributed by atoms with E-state index in [1.54, 1.807) is 6.07 Å². The third-order valence-corrected chi connectivity index (χ3v) is 3.75. The highest BCUT2D eigenvalue weighted by molar-refractivity contribution is 5.41. The van der Waals surface area contributed by atoms with E-state index in [9.17, 15) is 10.1 Å². The van der Waals surface area contributed by atoms with Gasteiger partial charge in [0.2, 0.25) is 11.8 Å². The molecule has 0 saturated carbocycles. The summed E-state index contributed by atoms with van der Waals surface area (Å²) in [5, 5.41) is 21.9. The molecule has 0 bridgehead atoms.